The van der Waals surface area contributed by atoms with Crippen LogP contribution in [0.2, 0.25) is 0 Å². The molecule has 18 heavy (non-hydrogen) atoms. The van der Waals surface area contributed by atoms with Gasteiger partial charge in [0.05, 0.1) is 0 Å². The van der Waals surface area contributed by atoms with Crippen molar-refractivity contribution in [3.63, 3.8) is 0 Å². The zero-order chi connectivity index (χ0) is 13.1. The summed E-state index contributed by atoms with van der Waals surface area (Å²) in [5.74, 6) is 1.84. The van der Waals surface area contributed by atoms with Crippen LogP contribution in [0.3, 0.4) is 0 Å². The van der Waals surface area contributed by atoms with E-state index in [2.05, 4.69) is 37.9 Å². The Balaban J connectivity index is 1.88. The molecule has 1 aliphatic heterocycles. The maximum absolute atomic E-state index is 3.73. The van der Waals surface area contributed by atoms with E-state index < -0.39 is 0 Å². The van der Waals surface area contributed by atoms with E-state index in [0.717, 1.165) is 23.9 Å². The quantitative estimate of drug-likeness (QED) is 0.829. The van der Waals surface area contributed by atoms with Crippen molar-refractivity contribution in [1.82, 2.24) is 10.2 Å². The van der Waals surface area contributed by atoms with Crippen LogP contribution in [0.25, 0.3) is 0 Å². The molecule has 0 radical (unpaired) electrons. The van der Waals surface area contributed by atoms with E-state index >= 15 is 0 Å². The third-order valence-corrected chi connectivity index (χ3v) is 4.88. The molecule has 0 spiro atoms. The van der Waals surface area contributed by atoms with Crippen LogP contribution in [0.5, 0.6) is 0 Å². The summed E-state index contributed by atoms with van der Waals surface area (Å²) in [6.07, 6.45) is 7.04. The summed E-state index contributed by atoms with van der Waals surface area (Å²) in [6.45, 7) is 12.0. The van der Waals surface area contributed by atoms with Crippen molar-refractivity contribution in [2.45, 2.75) is 77.9 Å². The molecule has 2 fully saturated rings. The highest BCUT2D eigenvalue weighted by molar-refractivity contribution is 4.88. The molecule has 0 amide bonds. The van der Waals surface area contributed by atoms with Gasteiger partial charge >= 0.3 is 0 Å². The molecule has 2 nitrogen and oxygen atoms in total. The molecule has 106 valence electrons. The van der Waals surface area contributed by atoms with Gasteiger partial charge in [-0.3, -0.25) is 4.90 Å². The van der Waals surface area contributed by atoms with E-state index in [1.54, 1.807) is 0 Å². The molecule has 0 aromatic carbocycles. The van der Waals surface area contributed by atoms with Crippen molar-refractivity contribution in [3.8, 4) is 0 Å². The molecule has 0 aromatic heterocycles. The standard InChI is InChI=1S/C16H32N2/c1-12(2)17-15-6-5-9-18(11-15)16-8-7-13(3)10-14(16)4/h12-17H,5-11H2,1-4H3. The summed E-state index contributed by atoms with van der Waals surface area (Å²) < 4.78 is 0. The lowest BCUT2D eigenvalue weighted by Gasteiger charge is -2.44. The summed E-state index contributed by atoms with van der Waals surface area (Å²) in [5.41, 5.74) is 0. The smallest absolute Gasteiger partial charge is 0.0197 e. The summed E-state index contributed by atoms with van der Waals surface area (Å²) in [7, 11) is 0. The molecule has 2 aliphatic rings. The largest absolute Gasteiger partial charge is 0.311 e. The summed E-state index contributed by atoms with van der Waals surface area (Å²) in [4.78, 5) is 2.79. The lowest BCUT2D eigenvalue weighted by Crippen LogP contribution is -2.53. The number of hydrogen-bond donors (Lipinski definition) is 1. The fourth-order valence-electron chi connectivity index (χ4n) is 4.11. The second-order valence-corrected chi connectivity index (χ2v) is 7.12. The van der Waals surface area contributed by atoms with E-state index in [0.29, 0.717) is 6.04 Å². The van der Waals surface area contributed by atoms with E-state index in [1.807, 2.05) is 0 Å². The normalized spacial score (nSPS) is 39.2. The first-order valence-electron chi connectivity index (χ1n) is 8.06. The van der Waals surface area contributed by atoms with Gasteiger partial charge in [-0.15, -0.1) is 0 Å². The van der Waals surface area contributed by atoms with Crippen LogP contribution in [-0.2, 0) is 0 Å². The van der Waals surface area contributed by atoms with Gasteiger partial charge < -0.3 is 5.32 Å². The molecule has 2 heteroatoms. The van der Waals surface area contributed by atoms with Crippen LogP contribution in [-0.4, -0.2) is 36.1 Å². The Hall–Kier alpha value is -0.0800. The summed E-state index contributed by atoms with van der Waals surface area (Å²) in [5, 5.41) is 3.73. The lowest BCUT2D eigenvalue weighted by atomic mass is 9.78. The maximum atomic E-state index is 3.73. The Labute approximate surface area is 114 Å². The van der Waals surface area contributed by atoms with Gasteiger partial charge in [0.2, 0.25) is 0 Å². The van der Waals surface area contributed by atoms with Gasteiger partial charge in [0, 0.05) is 24.7 Å². The fourth-order valence-corrected chi connectivity index (χ4v) is 4.11. The monoisotopic (exact) mass is 252 g/mol. The molecule has 1 saturated carbocycles. The number of nitrogens with one attached hydrogen (secondary N) is 1. The number of rotatable bonds is 3. The zero-order valence-corrected chi connectivity index (χ0v) is 12.8. The van der Waals surface area contributed by atoms with Crippen LogP contribution >= 0.6 is 0 Å². The molecule has 1 heterocycles. The topological polar surface area (TPSA) is 15.3 Å². The van der Waals surface area contributed by atoms with Crippen molar-refractivity contribution in [2.75, 3.05) is 13.1 Å². The number of likely N-dealkylation sites (tertiary alicyclic amines) is 1. The van der Waals surface area contributed by atoms with Crippen LogP contribution in [0.15, 0.2) is 0 Å². The minimum absolute atomic E-state index is 0.624. The predicted molar refractivity (Wildman–Crippen MR) is 78.8 cm³/mol. The van der Waals surface area contributed by atoms with Gasteiger partial charge in [0.25, 0.3) is 0 Å². The zero-order valence-electron chi connectivity index (χ0n) is 12.8. The number of nitrogens with zero attached hydrogens (tertiary/aromatic N) is 1. The van der Waals surface area contributed by atoms with Gasteiger partial charge in [0.1, 0.15) is 0 Å². The first-order valence-corrected chi connectivity index (χ1v) is 8.06. The molecule has 0 aromatic rings. The van der Waals surface area contributed by atoms with Crippen LogP contribution in [0.1, 0.15) is 59.8 Å². The molecule has 4 unspecified atom stereocenters. The minimum atomic E-state index is 0.624. The van der Waals surface area contributed by atoms with E-state index in [-0.39, 0.29) is 0 Å². The maximum Gasteiger partial charge on any atom is 0.0197 e. The Morgan fingerprint density at radius 1 is 1.11 bits per heavy atom. The Morgan fingerprint density at radius 3 is 2.56 bits per heavy atom. The number of hydrogen-bond acceptors (Lipinski definition) is 2. The predicted octanol–water partition coefficient (Wildman–Crippen LogP) is 3.27. The summed E-state index contributed by atoms with van der Waals surface area (Å²) in [6, 6.07) is 2.21. The second-order valence-electron chi connectivity index (χ2n) is 7.12. The Morgan fingerprint density at radius 2 is 1.89 bits per heavy atom. The minimum Gasteiger partial charge on any atom is -0.311 e. The molecular formula is C16H32N2. The average molecular weight is 252 g/mol. The molecular weight excluding hydrogens is 220 g/mol. The highest BCUT2D eigenvalue weighted by Gasteiger charge is 2.32. The third kappa shape index (κ3) is 3.71. The van der Waals surface area contributed by atoms with Crippen LogP contribution in [0, 0.1) is 11.8 Å². The molecule has 0 bridgehead atoms. The average Bonchev–Trinajstić information content (AvgIpc) is 2.28. The Bertz CT molecular complexity index is 251. The van der Waals surface area contributed by atoms with Crippen molar-refractivity contribution in [2.24, 2.45) is 11.8 Å². The van der Waals surface area contributed by atoms with Crippen molar-refractivity contribution < 1.29 is 0 Å². The second kappa shape index (κ2) is 6.38. The van der Waals surface area contributed by atoms with Gasteiger partial charge in [0.15, 0.2) is 0 Å². The van der Waals surface area contributed by atoms with Gasteiger partial charge in [-0.25, -0.2) is 0 Å². The van der Waals surface area contributed by atoms with Crippen molar-refractivity contribution >= 4 is 0 Å². The molecule has 1 saturated heterocycles. The van der Waals surface area contributed by atoms with E-state index in [1.165, 1.54) is 45.2 Å². The summed E-state index contributed by atoms with van der Waals surface area (Å²) >= 11 is 0. The number of piperidine rings is 1. The third-order valence-electron chi connectivity index (χ3n) is 4.88. The Kier molecular flexibility index (Phi) is 5.08. The van der Waals surface area contributed by atoms with E-state index in [9.17, 15) is 0 Å². The van der Waals surface area contributed by atoms with Crippen LogP contribution < -0.4 is 5.32 Å². The lowest BCUT2D eigenvalue weighted by molar-refractivity contribution is 0.0626. The van der Waals surface area contributed by atoms with Gasteiger partial charge in [-0.05, 0) is 50.5 Å². The molecule has 2 rings (SSSR count). The molecule has 4 atom stereocenters. The van der Waals surface area contributed by atoms with Gasteiger partial charge in [-0.2, -0.15) is 0 Å². The van der Waals surface area contributed by atoms with Crippen LogP contribution in [0.4, 0.5) is 0 Å². The molecule has 1 aliphatic carbocycles. The fraction of sp³-hybridized carbons (Fsp3) is 1.00. The SMILES string of the molecule is CC1CCC(N2CCCC(NC(C)C)C2)C(C)C1. The van der Waals surface area contributed by atoms with Crippen molar-refractivity contribution in [3.05, 3.63) is 0 Å². The van der Waals surface area contributed by atoms with Crippen molar-refractivity contribution in [1.29, 1.82) is 0 Å². The first-order chi connectivity index (χ1) is 8.56. The first kappa shape index (κ1) is 14.3. The van der Waals surface area contributed by atoms with E-state index in [4.69, 9.17) is 0 Å². The highest BCUT2D eigenvalue weighted by atomic mass is 15.2. The van der Waals surface area contributed by atoms with Gasteiger partial charge in [-0.1, -0.05) is 27.7 Å². The molecule has 1 N–H and O–H groups in total. The highest BCUT2D eigenvalue weighted by Crippen LogP contribution is 2.33.